The molecule has 0 aromatic carbocycles. The second-order valence-corrected chi connectivity index (χ2v) is 4.37. The number of rotatable bonds is 8. The molecule has 0 fully saturated rings. The molecule has 0 spiro atoms. The first-order valence-electron chi connectivity index (χ1n) is 6.15. The fourth-order valence-electron chi connectivity index (χ4n) is 1.43. The fraction of sp³-hybridized carbons (Fsp3) is 0.750. The summed E-state index contributed by atoms with van der Waals surface area (Å²) in [5, 5.41) is 11.4. The summed E-state index contributed by atoms with van der Waals surface area (Å²) in [6.45, 7) is 2.11. The second kappa shape index (κ2) is 9.13. The van der Waals surface area contributed by atoms with Crippen LogP contribution in [-0.2, 0) is 19.1 Å². The second-order valence-electron chi connectivity index (χ2n) is 4.37. The van der Waals surface area contributed by atoms with Gasteiger partial charge in [-0.1, -0.05) is 0 Å². The molecule has 0 bridgehead atoms. The minimum atomic E-state index is -1.20. The quantitative estimate of drug-likeness (QED) is 0.613. The highest BCUT2D eigenvalue weighted by atomic mass is 16.5. The van der Waals surface area contributed by atoms with Crippen LogP contribution >= 0.6 is 0 Å². The van der Waals surface area contributed by atoms with E-state index >= 15 is 0 Å². The average Bonchev–Trinajstić information content (AvgIpc) is 2.41. The Morgan fingerprint density at radius 3 is 2.35 bits per heavy atom. The number of urea groups is 1. The number of carbonyl (C=O) groups is 3. The highest BCUT2D eigenvalue weighted by Gasteiger charge is 2.24. The van der Waals surface area contributed by atoms with Crippen molar-refractivity contribution in [2.24, 2.45) is 0 Å². The summed E-state index contributed by atoms with van der Waals surface area (Å²) < 4.78 is 9.35. The van der Waals surface area contributed by atoms with Crippen LogP contribution in [0.15, 0.2) is 0 Å². The first-order valence-corrected chi connectivity index (χ1v) is 6.15. The molecule has 2 amide bonds. The van der Waals surface area contributed by atoms with E-state index in [0.717, 1.165) is 0 Å². The van der Waals surface area contributed by atoms with E-state index in [1.54, 1.807) is 6.92 Å². The minimum absolute atomic E-state index is 0.0275. The Hall–Kier alpha value is -1.83. The maximum atomic E-state index is 11.9. The van der Waals surface area contributed by atoms with Gasteiger partial charge in [-0.15, -0.1) is 0 Å². The zero-order valence-corrected chi connectivity index (χ0v) is 12.2. The van der Waals surface area contributed by atoms with Crippen molar-refractivity contribution in [3.63, 3.8) is 0 Å². The summed E-state index contributed by atoms with van der Waals surface area (Å²) in [5.74, 6) is -1.72. The third-order valence-corrected chi connectivity index (χ3v) is 2.85. The zero-order valence-electron chi connectivity index (χ0n) is 12.2. The van der Waals surface area contributed by atoms with Crippen molar-refractivity contribution < 1.29 is 29.0 Å². The largest absolute Gasteiger partial charge is 0.480 e. The van der Waals surface area contributed by atoms with Crippen molar-refractivity contribution in [2.75, 3.05) is 27.9 Å². The Morgan fingerprint density at radius 2 is 1.90 bits per heavy atom. The van der Waals surface area contributed by atoms with Crippen molar-refractivity contribution in [3.05, 3.63) is 0 Å². The number of carboxylic acids is 1. The van der Waals surface area contributed by atoms with Gasteiger partial charge in [0.1, 0.15) is 6.04 Å². The highest BCUT2D eigenvalue weighted by Crippen LogP contribution is 2.03. The number of ether oxygens (including phenoxy) is 2. The number of nitrogens with one attached hydrogen (secondary N) is 1. The van der Waals surface area contributed by atoms with Crippen LogP contribution < -0.4 is 5.32 Å². The number of aliphatic carboxylic acids is 1. The molecular formula is C12H22N2O6. The third kappa shape index (κ3) is 6.37. The molecule has 0 aliphatic heterocycles. The lowest BCUT2D eigenvalue weighted by Gasteiger charge is -2.26. The summed E-state index contributed by atoms with van der Waals surface area (Å²) in [6, 6.07) is -1.87. The number of likely N-dealkylation sites (N-methyl/N-ethyl adjacent to an activating group) is 1. The Bertz CT molecular complexity index is 347. The van der Waals surface area contributed by atoms with Crippen LogP contribution in [0.25, 0.3) is 0 Å². The van der Waals surface area contributed by atoms with Crippen LogP contribution in [0.5, 0.6) is 0 Å². The predicted octanol–water partition coefficient (Wildman–Crippen LogP) is 0.0691. The molecule has 20 heavy (non-hydrogen) atoms. The van der Waals surface area contributed by atoms with Gasteiger partial charge in [-0.2, -0.15) is 0 Å². The van der Waals surface area contributed by atoms with Crippen LogP contribution in [0.3, 0.4) is 0 Å². The van der Waals surface area contributed by atoms with Crippen molar-refractivity contribution in [1.29, 1.82) is 0 Å². The first kappa shape index (κ1) is 18.2. The number of carboxylic acid groups (broad SMARTS) is 1. The third-order valence-electron chi connectivity index (χ3n) is 2.85. The summed E-state index contributed by atoms with van der Waals surface area (Å²) in [7, 11) is 4.27. The molecule has 0 aromatic heterocycles. The van der Waals surface area contributed by atoms with Crippen LogP contribution in [0.4, 0.5) is 4.79 Å². The molecule has 0 heterocycles. The Labute approximate surface area is 118 Å². The number of carbonyl (C=O) groups excluding carboxylic acids is 2. The lowest BCUT2D eigenvalue weighted by molar-refractivity contribution is -0.142. The van der Waals surface area contributed by atoms with E-state index in [2.05, 4.69) is 10.1 Å². The molecule has 0 rings (SSSR count). The first-order chi connectivity index (χ1) is 9.33. The van der Waals surface area contributed by atoms with E-state index in [-0.39, 0.29) is 18.9 Å². The van der Waals surface area contributed by atoms with Gasteiger partial charge in [0, 0.05) is 20.6 Å². The van der Waals surface area contributed by atoms with Crippen molar-refractivity contribution in [3.8, 4) is 0 Å². The van der Waals surface area contributed by atoms with E-state index < -0.39 is 24.0 Å². The number of amides is 2. The minimum Gasteiger partial charge on any atom is -0.480 e. The van der Waals surface area contributed by atoms with E-state index in [9.17, 15) is 14.4 Å². The van der Waals surface area contributed by atoms with E-state index in [1.807, 2.05) is 0 Å². The summed E-state index contributed by atoms with van der Waals surface area (Å²) in [6.07, 6.45) is -0.106. The smallest absolute Gasteiger partial charge is 0.326 e. The number of hydrogen-bond donors (Lipinski definition) is 2. The topological polar surface area (TPSA) is 105 Å². The van der Waals surface area contributed by atoms with Gasteiger partial charge < -0.3 is 24.8 Å². The SMILES string of the molecule is COCC(C)N(C)C(=O)N[C@H](CCC(=O)OC)C(=O)O. The molecule has 0 aliphatic carbocycles. The Kier molecular flexibility index (Phi) is 8.30. The Balaban J connectivity index is 4.47. The van der Waals surface area contributed by atoms with E-state index in [4.69, 9.17) is 9.84 Å². The van der Waals surface area contributed by atoms with Gasteiger partial charge in [-0.25, -0.2) is 9.59 Å². The maximum Gasteiger partial charge on any atom is 0.326 e. The van der Waals surface area contributed by atoms with Gasteiger partial charge in [0.05, 0.1) is 19.8 Å². The molecule has 8 nitrogen and oxygen atoms in total. The summed E-state index contributed by atoms with van der Waals surface area (Å²) in [4.78, 5) is 35.3. The molecule has 0 aromatic rings. The van der Waals surface area contributed by atoms with Crippen LogP contribution in [0, 0.1) is 0 Å². The predicted molar refractivity (Wildman–Crippen MR) is 70.3 cm³/mol. The Morgan fingerprint density at radius 1 is 1.30 bits per heavy atom. The molecule has 0 aliphatic rings. The van der Waals surface area contributed by atoms with E-state index in [1.165, 1.54) is 26.2 Å². The molecule has 2 N–H and O–H groups in total. The van der Waals surface area contributed by atoms with Gasteiger partial charge in [-0.05, 0) is 13.3 Å². The van der Waals surface area contributed by atoms with Crippen molar-refractivity contribution >= 4 is 18.0 Å². The average molecular weight is 290 g/mol. The zero-order chi connectivity index (χ0) is 15.7. The molecule has 0 radical (unpaired) electrons. The van der Waals surface area contributed by atoms with Crippen LogP contribution in [-0.4, -0.2) is 67.9 Å². The lowest BCUT2D eigenvalue weighted by atomic mass is 10.1. The summed E-state index contributed by atoms with van der Waals surface area (Å²) >= 11 is 0. The lowest BCUT2D eigenvalue weighted by Crippen LogP contribution is -2.50. The van der Waals surface area contributed by atoms with Crippen LogP contribution in [0.1, 0.15) is 19.8 Å². The molecule has 1 unspecified atom stereocenters. The number of nitrogens with zero attached hydrogens (tertiary/aromatic N) is 1. The van der Waals surface area contributed by atoms with E-state index in [0.29, 0.717) is 6.61 Å². The molecule has 0 saturated carbocycles. The van der Waals surface area contributed by atoms with Gasteiger partial charge in [-0.3, -0.25) is 4.79 Å². The normalized spacial score (nSPS) is 13.2. The number of esters is 1. The van der Waals surface area contributed by atoms with Crippen molar-refractivity contribution in [2.45, 2.75) is 31.8 Å². The maximum absolute atomic E-state index is 11.9. The summed E-state index contributed by atoms with van der Waals surface area (Å²) in [5.41, 5.74) is 0. The molecule has 2 atom stereocenters. The van der Waals surface area contributed by atoms with Crippen molar-refractivity contribution in [1.82, 2.24) is 10.2 Å². The van der Waals surface area contributed by atoms with Gasteiger partial charge >= 0.3 is 18.0 Å². The standard InChI is InChI=1S/C12H22N2O6/c1-8(7-19-3)14(2)12(18)13-9(11(16)17)5-6-10(15)20-4/h8-9H,5-7H2,1-4H3,(H,13,18)(H,16,17)/t8?,9-/m1/s1. The molecule has 8 heteroatoms. The van der Waals surface area contributed by atoms with Gasteiger partial charge in [0.15, 0.2) is 0 Å². The number of methoxy groups -OCH3 is 2. The molecular weight excluding hydrogens is 268 g/mol. The fourth-order valence-corrected chi connectivity index (χ4v) is 1.43. The molecule has 0 saturated heterocycles. The number of hydrogen-bond acceptors (Lipinski definition) is 5. The monoisotopic (exact) mass is 290 g/mol. The molecule has 116 valence electrons. The highest BCUT2D eigenvalue weighted by molar-refractivity contribution is 5.83. The van der Waals surface area contributed by atoms with Gasteiger partial charge in [0.25, 0.3) is 0 Å². The van der Waals surface area contributed by atoms with Crippen LogP contribution in [0.2, 0.25) is 0 Å². The van der Waals surface area contributed by atoms with Gasteiger partial charge in [0.2, 0.25) is 0 Å².